The Morgan fingerprint density at radius 2 is 2.00 bits per heavy atom. The van der Waals surface area contributed by atoms with Gasteiger partial charge in [0.2, 0.25) is 0 Å². The topological polar surface area (TPSA) is 74.7 Å². The number of pyridine rings is 1. The summed E-state index contributed by atoms with van der Waals surface area (Å²) in [7, 11) is 0. The molecule has 0 spiro atoms. The van der Waals surface area contributed by atoms with Gasteiger partial charge in [-0.15, -0.1) is 0 Å². The third-order valence-corrected chi connectivity index (χ3v) is 4.05. The number of benzene rings is 1. The number of hydrogen-bond acceptors (Lipinski definition) is 5. The number of aromatic nitrogens is 1. The molecule has 1 aromatic carbocycles. The van der Waals surface area contributed by atoms with E-state index < -0.39 is 5.97 Å². The number of aromatic carboxylic acids is 1. The Kier molecular flexibility index (Phi) is 5.28. The summed E-state index contributed by atoms with van der Waals surface area (Å²) in [6, 6.07) is 11.7. The van der Waals surface area contributed by atoms with Crippen LogP contribution in [0.1, 0.15) is 15.9 Å². The monoisotopic (exact) mass is 327 g/mol. The van der Waals surface area contributed by atoms with E-state index in [1.165, 1.54) is 17.4 Å². The lowest BCUT2D eigenvalue weighted by Crippen LogP contribution is -2.36. The minimum Gasteiger partial charge on any atom is -0.478 e. The minimum atomic E-state index is -0.964. The molecule has 0 atom stereocenters. The van der Waals surface area contributed by atoms with Gasteiger partial charge < -0.3 is 20.1 Å². The summed E-state index contributed by atoms with van der Waals surface area (Å²) in [5.74, 6) is -0.280. The van der Waals surface area contributed by atoms with Crippen molar-refractivity contribution in [2.24, 2.45) is 0 Å². The molecule has 0 radical (unpaired) electrons. The van der Waals surface area contributed by atoms with Gasteiger partial charge in [0.1, 0.15) is 5.82 Å². The van der Waals surface area contributed by atoms with Crippen molar-refractivity contribution >= 4 is 17.5 Å². The molecule has 1 aliphatic heterocycles. The van der Waals surface area contributed by atoms with Gasteiger partial charge in [0, 0.05) is 31.5 Å². The van der Waals surface area contributed by atoms with Crippen LogP contribution in [-0.4, -0.2) is 48.9 Å². The number of rotatable bonds is 6. The number of carbonyl (C=O) groups is 1. The lowest BCUT2D eigenvalue weighted by atomic mass is 10.1. The Morgan fingerprint density at radius 1 is 1.21 bits per heavy atom. The second-order valence-electron chi connectivity index (χ2n) is 5.64. The zero-order chi connectivity index (χ0) is 16.8. The maximum atomic E-state index is 10.8. The van der Waals surface area contributed by atoms with Crippen molar-refractivity contribution in [1.82, 2.24) is 4.98 Å². The lowest BCUT2D eigenvalue weighted by molar-refractivity contribution is 0.0696. The smallest absolute Gasteiger partial charge is 0.337 e. The molecule has 2 heterocycles. The predicted octanol–water partition coefficient (Wildman–Crippen LogP) is 2.27. The summed E-state index contributed by atoms with van der Waals surface area (Å²) in [5.41, 5.74) is 2.74. The summed E-state index contributed by atoms with van der Waals surface area (Å²) in [5, 5.41) is 12.1. The average molecular weight is 327 g/mol. The molecule has 2 aromatic rings. The van der Waals surface area contributed by atoms with Crippen LogP contribution >= 0.6 is 0 Å². The van der Waals surface area contributed by atoms with Crippen LogP contribution in [0.25, 0.3) is 0 Å². The Bertz CT molecular complexity index is 682. The van der Waals surface area contributed by atoms with E-state index in [0.717, 1.165) is 39.3 Å². The fourth-order valence-electron chi connectivity index (χ4n) is 2.79. The Morgan fingerprint density at radius 3 is 2.71 bits per heavy atom. The minimum absolute atomic E-state index is 0.193. The number of carboxylic acid groups (broad SMARTS) is 1. The van der Waals surface area contributed by atoms with Gasteiger partial charge in [-0.05, 0) is 30.2 Å². The van der Waals surface area contributed by atoms with Crippen LogP contribution in [-0.2, 0) is 11.2 Å². The second kappa shape index (κ2) is 7.79. The van der Waals surface area contributed by atoms with Crippen molar-refractivity contribution in [2.75, 3.05) is 43.1 Å². The van der Waals surface area contributed by atoms with Crippen molar-refractivity contribution in [3.63, 3.8) is 0 Å². The molecule has 1 aromatic heterocycles. The van der Waals surface area contributed by atoms with Crippen LogP contribution in [0.5, 0.6) is 0 Å². The van der Waals surface area contributed by atoms with Crippen molar-refractivity contribution in [1.29, 1.82) is 0 Å². The molecule has 2 N–H and O–H groups in total. The third-order valence-electron chi connectivity index (χ3n) is 4.05. The van der Waals surface area contributed by atoms with Gasteiger partial charge in [0.05, 0.1) is 18.8 Å². The van der Waals surface area contributed by atoms with Gasteiger partial charge in [0.25, 0.3) is 0 Å². The molecule has 0 unspecified atom stereocenters. The van der Waals surface area contributed by atoms with E-state index in [0.29, 0.717) is 5.82 Å². The standard InChI is InChI=1S/C18H21N3O3/c22-18(23)15-5-6-17(20-13-15)19-8-7-14-3-1-2-4-16(14)21-9-11-24-12-10-21/h1-6,13H,7-12H2,(H,19,20)(H,22,23). The molecule has 1 aliphatic rings. The fourth-order valence-corrected chi connectivity index (χ4v) is 2.79. The van der Waals surface area contributed by atoms with E-state index >= 15 is 0 Å². The zero-order valence-corrected chi connectivity index (χ0v) is 13.4. The van der Waals surface area contributed by atoms with Crippen molar-refractivity contribution in [3.8, 4) is 0 Å². The highest BCUT2D eigenvalue weighted by Gasteiger charge is 2.14. The highest BCUT2D eigenvalue weighted by molar-refractivity contribution is 5.87. The lowest BCUT2D eigenvalue weighted by Gasteiger charge is -2.30. The van der Waals surface area contributed by atoms with Crippen LogP contribution in [0.3, 0.4) is 0 Å². The zero-order valence-electron chi connectivity index (χ0n) is 13.4. The van der Waals surface area contributed by atoms with E-state index in [1.807, 2.05) is 0 Å². The number of nitrogens with zero attached hydrogens (tertiary/aromatic N) is 2. The van der Waals surface area contributed by atoms with E-state index in [2.05, 4.69) is 39.5 Å². The molecule has 6 heteroatoms. The van der Waals surface area contributed by atoms with Gasteiger partial charge in [0.15, 0.2) is 0 Å². The Labute approximate surface area is 141 Å². The number of anilines is 2. The molecule has 0 bridgehead atoms. The third kappa shape index (κ3) is 4.02. The van der Waals surface area contributed by atoms with E-state index in [4.69, 9.17) is 9.84 Å². The molecular weight excluding hydrogens is 306 g/mol. The van der Waals surface area contributed by atoms with Gasteiger partial charge in [-0.3, -0.25) is 0 Å². The maximum absolute atomic E-state index is 10.8. The van der Waals surface area contributed by atoms with Crippen LogP contribution in [0.15, 0.2) is 42.6 Å². The first-order valence-corrected chi connectivity index (χ1v) is 8.08. The molecule has 3 rings (SSSR count). The van der Waals surface area contributed by atoms with Crippen LogP contribution in [0, 0.1) is 0 Å². The quantitative estimate of drug-likeness (QED) is 0.848. The summed E-state index contributed by atoms with van der Waals surface area (Å²) < 4.78 is 5.42. The van der Waals surface area contributed by atoms with Crippen molar-refractivity contribution < 1.29 is 14.6 Å². The van der Waals surface area contributed by atoms with Crippen molar-refractivity contribution in [3.05, 3.63) is 53.7 Å². The van der Waals surface area contributed by atoms with E-state index in [9.17, 15) is 4.79 Å². The maximum Gasteiger partial charge on any atom is 0.337 e. The molecule has 6 nitrogen and oxygen atoms in total. The number of morpholine rings is 1. The van der Waals surface area contributed by atoms with E-state index in [1.54, 1.807) is 12.1 Å². The predicted molar refractivity (Wildman–Crippen MR) is 92.9 cm³/mol. The van der Waals surface area contributed by atoms with Crippen LogP contribution < -0.4 is 10.2 Å². The highest BCUT2D eigenvalue weighted by atomic mass is 16.5. The number of ether oxygens (including phenoxy) is 1. The fraction of sp³-hybridized carbons (Fsp3) is 0.333. The number of nitrogens with one attached hydrogen (secondary N) is 1. The van der Waals surface area contributed by atoms with Crippen LogP contribution in [0.2, 0.25) is 0 Å². The molecule has 1 fully saturated rings. The average Bonchev–Trinajstić information content (AvgIpc) is 2.63. The molecule has 24 heavy (non-hydrogen) atoms. The molecule has 0 saturated carbocycles. The van der Waals surface area contributed by atoms with Gasteiger partial charge >= 0.3 is 5.97 Å². The Hall–Kier alpha value is -2.60. The summed E-state index contributed by atoms with van der Waals surface area (Å²) >= 11 is 0. The van der Waals surface area contributed by atoms with Gasteiger partial charge in [-0.1, -0.05) is 18.2 Å². The first-order valence-electron chi connectivity index (χ1n) is 8.08. The van der Waals surface area contributed by atoms with Gasteiger partial charge in [-0.25, -0.2) is 9.78 Å². The summed E-state index contributed by atoms with van der Waals surface area (Å²) in [6.07, 6.45) is 2.24. The molecule has 0 aliphatic carbocycles. The first kappa shape index (κ1) is 16.3. The summed E-state index contributed by atoms with van der Waals surface area (Å²) in [6.45, 7) is 4.12. The SMILES string of the molecule is O=C(O)c1ccc(NCCc2ccccc2N2CCOCC2)nc1. The van der Waals surface area contributed by atoms with Crippen molar-refractivity contribution in [2.45, 2.75) is 6.42 Å². The van der Waals surface area contributed by atoms with E-state index in [-0.39, 0.29) is 5.56 Å². The van der Waals surface area contributed by atoms with Gasteiger partial charge in [-0.2, -0.15) is 0 Å². The molecular formula is C18H21N3O3. The number of hydrogen-bond donors (Lipinski definition) is 2. The number of para-hydroxylation sites is 1. The van der Waals surface area contributed by atoms with Crippen LogP contribution in [0.4, 0.5) is 11.5 Å². The Balaban J connectivity index is 1.59. The molecule has 1 saturated heterocycles. The second-order valence-corrected chi connectivity index (χ2v) is 5.64. The summed E-state index contributed by atoms with van der Waals surface area (Å²) in [4.78, 5) is 17.3. The molecule has 0 amide bonds. The normalized spacial score (nSPS) is 14.4. The molecule has 126 valence electrons. The largest absolute Gasteiger partial charge is 0.478 e. The number of carboxylic acids is 1. The first-order chi connectivity index (χ1) is 11.7. The highest BCUT2D eigenvalue weighted by Crippen LogP contribution is 2.22.